The second-order valence-corrected chi connectivity index (χ2v) is 5.14. The van der Waals surface area contributed by atoms with Crippen LogP contribution in [0.4, 0.5) is 0 Å². The third-order valence-electron chi connectivity index (χ3n) is 2.59. The maximum atomic E-state index is 11.5. The van der Waals surface area contributed by atoms with Crippen LogP contribution in [0.5, 0.6) is 0 Å². The molecule has 0 aromatic rings. The minimum Gasteiger partial charge on any atom is -0.369 e. The quantitative estimate of drug-likeness (QED) is 0.737. The molecule has 0 radical (unpaired) electrons. The van der Waals surface area contributed by atoms with E-state index in [4.69, 9.17) is 5.73 Å². The lowest BCUT2D eigenvalue weighted by Crippen LogP contribution is -2.37. The minimum atomic E-state index is -0.436. The molecule has 0 bridgehead atoms. The number of thioether (sulfide) groups is 1. The second-order valence-electron chi connectivity index (χ2n) is 3.42. The van der Waals surface area contributed by atoms with Gasteiger partial charge in [0.25, 0.3) is 0 Å². The number of amides is 1. The Bertz CT molecular complexity index is 224. The maximum Gasteiger partial charge on any atom is 0.230 e. The molecule has 0 heterocycles. The van der Waals surface area contributed by atoms with Crippen molar-refractivity contribution in [3.05, 3.63) is 0 Å². The van der Waals surface area contributed by atoms with Gasteiger partial charge >= 0.3 is 0 Å². The SMILES string of the molecule is CCC(CC)(S[C@@H](C)C(N)=O)C(C)=O. The summed E-state index contributed by atoms with van der Waals surface area (Å²) in [7, 11) is 0. The molecule has 0 unspecified atom stereocenters. The highest BCUT2D eigenvalue weighted by atomic mass is 32.2. The summed E-state index contributed by atoms with van der Waals surface area (Å²) in [5.74, 6) is -0.233. The molecule has 0 rings (SSSR count). The van der Waals surface area contributed by atoms with Crippen LogP contribution >= 0.6 is 11.8 Å². The number of rotatable bonds is 6. The summed E-state index contributed by atoms with van der Waals surface area (Å²) in [4.78, 5) is 22.4. The van der Waals surface area contributed by atoms with E-state index in [2.05, 4.69) is 0 Å². The number of nitrogens with two attached hydrogens (primary N) is 1. The van der Waals surface area contributed by atoms with Crippen LogP contribution < -0.4 is 5.73 Å². The van der Waals surface area contributed by atoms with E-state index in [0.29, 0.717) is 0 Å². The lowest BCUT2D eigenvalue weighted by atomic mass is 9.98. The van der Waals surface area contributed by atoms with E-state index >= 15 is 0 Å². The van der Waals surface area contributed by atoms with E-state index in [1.54, 1.807) is 13.8 Å². The summed E-state index contributed by atoms with van der Waals surface area (Å²) in [6.07, 6.45) is 1.47. The smallest absolute Gasteiger partial charge is 0.230 e. The molecule has 4 heteroatoms. The molecular weight excluding hydrogens is 198 g/mol. The zero-order valence-electron chi connectivity index (χ0n) is 9.29. The van der Waals surface area contributed by atoms with Crippen molar-refractivity contribution in [2.75, 3.05) is 0 Å². The third-order valence-corrected chi connectivity index (χ3v) is 4.49. The molecule has 14 heavy (non-hydrogen) atoms. The molecule has 2 N–H and O–H groups in total. The fraction of sp³-hybridized carbons (Fsp3) is 0.800. The van der Waals surface area contributed by atoms with Gasteiger partial charge in [0.15, 0.2) is 0 Å². The lowest BCUT2D eigenvalue weighted by Gasteiger charge is -2.30. The van der Waals surface area contributed by atoms with Crippen LogP contribution in [0.25, 0.3) is 0 Å². The highest BCUT2D eigenvalue weighted by Gasteiger charge is 2.35. The average Bonchev–Trinajstić information content (AvgIpc) is 2.13. The molecule has 0 saturated carbocycles. The van der Waals surface area contributed by atoms with Gasteiger partial charge in [-0.2, -0.15) is 0 Å². The molecule has 0 aliphatic rings. The summed E-state index contributed by atoms with van der Waals surface area (Å²) in [5, 5.41) is -0.307. The Hall–Kier alpha value is -0.510. The van der Waals surface area contributed by atoms with E-state index in [-0.39, 0.29) is 16.9 Å². The van der Waals surface area contributed by atoms with Crippen LogP contribution in [0, 0.1) is 0 Å². The zero-order valence-corrected chi connectivity index (χ0v) is 10.1. The van der Waals surface area contributed by atoms with Gasteiger partial charge in [0.2, 0.25) is 5.91 Å². The number of Topliss-reactive ketones (excluding diaryl/α,β-unsaturated/α-hetero) is 1. The minimum absolute atomic E-state index is 0.126. The van der Waals surface area contributed by atoms with Crippen LogP contribution in [0.3, 0.4) is 0 Å². The standard InChI is InChI=1S/C10H19NO2S/c1-5-10(6-2,8(4)12)14-7(3)9(11)13/h7H,5-6H2,1-4H3,(H2,11,13)/t7-/m0/s1. The summed E-state index contributed by atoms with van der Waals surface area (Å²) >= 11 is 1.38. The Morgan fingerprint density at radius 3 is 2.00 bits per heavy atom. The third kappa shape index (κ3) is 3.01. The van der Waals surface area contributed by atoms with Gasteiger partial charge in [0, 0.05) is 0 Å². The summed E-state index contributed by atoms with van der Waals surface area (Å²) in [5.41, 5.74) is 5.18. The molecule has 1 amide bonds. The van der Waals surface area contributed by atoms with Gasteiger partial charge in [-0.15, -0.1) is 11.8 Å². The number of carbonyl (C=O) groups excluding carboxylic acids is 2. The highest BCUT2D eigenvalue weighted by Crippen LogP contribution is 2.36. The molecule has 0 aromatic heterocycles. The number of carbonyl (C=O) groups is 2. The molecule has 82 valence electrons. The van der Waals surface area contributed by atoms with Gasteiger partial charge in [-0.25, -0.2) is 0 Å². The van der Waals surface area contributed by atoms with E-state index in [1.165, 1.54) is 11.8 Å². The Balaban J connectivity index is 4.67. The van der Waals surface area contributed by atoms with Gasteiger partial charge < -0.3 is 5.73 Å². The van der Waals surface area contributed by atoms with Gasteiger partial charge in [-0.05, 0) is 26.7 Å². The first-order valence-corrected chi connectivity index (χ1v) is 5.75. The van der Waals surface area contributed by atoms with E-state index in [9.17, 15) is 9.59 Å². The van der Waals surface area contributed by atoms with Crippen LogP contribution in [-0.4, -0.2) is 21.7 Å². The molecular formula is C10H19NO2S. The molecule has 3 nitrogen and oxygen atoms in total. The Morgan fingerprint density at radius 1 is 1.36 bits per heavy atom. The van der Waals surface area contributed by atoms with Crippen LogP contribution in [0.15, 0.2) is 0 Å². The van der Waals surface area contributed by atoms with Gasteiger partial charge in [0.05, 0.1) is 10.00 Å². The van der Waals surface area contributed by atoms with Crippen molar-refractivity contribution in [2.45, 2.75) is 50.5 Å². The largest absolute Gasteiger partial charge is 0.369 e. The molecule has 1 atom stereocenters. The van der Waals surface area contributed by atoms with E-state index in [0.717, 1.165) is 12.8 Å². The molecule has 0 spiro atoms. The zero-order chi connectivity index (χ0) is 11.4. The van der Waals surface area contributed by atoms with Crippen molar-refractivity contribution in [1.29, 1.82) is 0 Å². The molecule has 0 aliphatic carbocycles. The molecule has 0 aromatic carbocycles. The molecule has 0 fully saturated rings. The van der Waals surface area contributed by atoms with E-state index in [1.807, 2.05) is 13.8 Å². The van der Waals surface area contributed by atoms with Crippen molar-refractivity contribution in [3.63, 3.8) is 0 Å². The van der Waals surface area contributed by atoms with E-state index < -0.39 is 4.75 Å². The maximum absolute atomic E-state index is 11.5. The lowest BCUT2D eigenvalue weighted by molar-refractivity contribution is -0.119. The molecule has 0 saturated heterocycles. The van der Waals surface area contributed by atoms with Gasteiger partial charge in [0.1, 0.15) is 5.78 Å². The van der Waals surface area contributed by atoms with Gasteiger partial charge in [-0.3, -0.25) is 9.59 Å². The Morgan fingerprint density at radius 2 is 1.79 bits per heavy atom. The normalized spacial score (nSPS) is 13.7. The number of hydrogen-bond acceptors (Lipinski definition) is 3. The Labute approximate surface area is 89.8 Å². The predicted octanol–water partition coefficient (Wildman–Crippen LogP) is 1.74. The van der Waals surface area contributed by atoms with Crippen molar-refractivity contribution >= 4 is 23.5 Å². The number of ketones is 1. The van der Waals surface area contributed by atoms with Crippen LogP contribution in [0.1, 0.15) is 40.5 Å². The summed E-state index contributed by atoms with van der Waals surface area (Å²) in [6, 6.07) is 0. The van der Waals surface area contributed by atoms with Gasteiger partial charge in [-0.1, -0.05) is 13.8 Å². The number of primary amides is 1. The van der Waals surface area contributed by atoms with Crippen molar-refractivity contribution in [3.8, 4) is 0 Å². The Kier molecular flexibility index (Phi) is 5.19. The fourth-order valence-electron chi connectivity index (χ4n) is 1.39. The topological polar surface area (TPSA) is 60.2 Å². The predicted molar refractivity (Wildman–Crippen MR) is 60.2 cm³/mol. The summed E-state index contributed by atoms with van der Waals surface area (Å²) < 4.78 is -0.436. The average molecular weight is 217 g/mol. The fourth-order valence-corrected chi connectivity index (χ4v) is 2.69. The highest BCUT2D eigenvalue weighted by molar-refractivity contribution is 8.02. The van der Waals surface area contributed by atoms with Crippen molar-refractivity contribution < 1.29 is 9.59 Å². The summed E-state index contributed by atoms with van der Waals surface area (Å²) in [6.45, 7) is 7.25. The first kappa shape index (κ1) is 13.5. The second kappa shape index (κ2) is 5.39. The van der Waals surface area contributed by atoms with Crippen LogP contribution in [-0.2, 0) is 9.59 Å². The monoisotopic (exact) mass is 217 g/mol. The number of hydrogen-bond donors (Lipinski definition) is 1. The first-order chi connectivity index (χ1) is 6.39. The van der Waals surface area contributed by atoms with Crippen LogP contribution in [0.2, 0.25) is 0 Å². The first-order valence-electron chi connectivity index (χ1n) is 4.87. The molecule has 0 aliphatic heterocycles. The van der Waals surface area contributed by atoms with Crippen molar-refractivity contribution in [2.24, 2.45) is 5.73 Å². The van der Waals surface area contributed by atoms with Crippen molar-refractivity contribution in [1.82, 2.24) is 0 Å².